The molecule has 2 aromatic heterocycles. The van der Waals surface area contributed by atoms with Crippen molar-refractivity contribution in [1.29, 1.82) is 0 Å². The fourth-order valence-electron chi connectivity index (χ4n) is 4.52. The van der Waals surface area contributed by atoms with E-state index in [-0.39, 0.29) is 30.1 Å². The van der Waals surface area contributed by atoms with Crippen molar-refractivity contribution in [3.63, 3.8) is 0 Å². The summed E-state index contributed by atoms with van der Waals surface area (Å²) < 4.78 is 6.26. The molecule has 2 atom stereocenters. The first kappa shape index (κ1) is 25.1. The van der Waals surface area contributed by atoms with Gasteiger partial charge >= 0.3 is 0 Å². The Morgan fingerprint density at radius 1 is 1.11 bits per heavy atom. The molecule has 0 spiro atoms. The van der Waals surface area contributed by atoms with Crippen LogP contribution in [0.15, 0.2) is 89.5 Å². The summed E-state index contributed by atoms with van der Waals surface area (Å²) in [6.45, 7) is 2.31. The van der Waals surface area contributed by atoms with Crippen LogP contribution in [0, 0.1) is 17.0 Å². The zero-order valence-corrected chi connectivity index (χ0v) is 21.4. The van der Waals surface area contributed by atoms with Crippen molar-refractivity contribution < 1.29 is 14.1 Å². The Morgan fingerprint density at radius 2 is 1.87 bits per heavy atom. The third-order valence-electron chi connectivity index (χ3n) is 6.48. The number of nitrogens with zero attached hydrogens (tertiary/aromatic N) is 3. The van der Waals surface area contributed by atoms with E-state index in [1.807, 2.05) is 66.4 Å². The van der Waals surface area contributed by atoms with Crippen molar-refractivity contribution in [3.05, 3.63) is 112 Å². The van der Waals surface area contributed by atoms with Gasteiger partial charge in [-0.15, -0.1) is 0 Å². The van der Waals surface area contributed by atoms with E-state index in [0.29, 0.717) is 28.7 Å². The number of aryl methyl sites for hydroxylation is 1. The Hall–Kier alpha value is -4.57. The van der Waals surface area contributed by atoms with Gasteiger partial charge in [0.1, 0.15) is 17.6 Å². The van der Waals surface area contributed by atoms with E-state index in [9.17, 15) is 14.9 Å². The van der Waals surface area contributed by atoms with Crippen LogP contribution in [0.25, 0.3) is 11.3 Å². The molecule has 0 bridgehead atoms. The molecule has 1 aliphatic rings. The van der Waals surface area contributed by atoms with Crippen molar-refractivity contribution in [3.8, 4) is 11.3 Å². The van der Waals surface area contributed by atoms with E-state index < -0.39 is 4.92 Å². The van der Waals surface area contributed by atoms with E-state index in [1.54, 1.807) is 18.3 Å². The molecular formula is C28H25N5O4S. The molecule has 192 valence electrons. The van der Waals surface area contributed by atoms with Gasteiger partial charge in [0.2, 0.25) is 5.91 Å². The molecule has 4 aromatic rings. The number of carbonyl (C=O) groups is 1. The monoisotopic (exact) mass is 527 g/mol. The zero-order chi connectivity index (χ0) is 26.6. The van der Waals surface area contributed by atoms with E-state index in [2.05, 4.69) is 15.6 Å². The number of amides is 1. The first-order valence-electron chi connectivity index (χ1n) is 12.1. The van der Waals surface area contributed by atoms with Crippen molar-refractivity contribution in [2.24, 2.45) is 0 Å². The lowest BCUT2D eigenvalue weighted by Crippen LogP contribution is -2.32. The molecule has 2 N–H and O–H groups in total. The number of thiocarbonyl (C=S) groups is 1. The van der Waals surface area contributed by atoms with E-state index >= 15 is 0 Å². The van der Waals surface area contributed by atoms with Crippen LogP contribution in [0.1, 0.15) is 35.5 Å². The van der Waals surface area contributed by atoms with Gasteiger partial charge in [-0.1, -0.05) is 24.3 Å². The molecule has 38 heavy (non-hydrogen) atoms. The quantitative estimate of drug-likeness (QED) is 0.174. The number of nitro groups is 1. The Labute approximate surface area is 224 Å². The Morgan fingerprint density at radius 3 is 2.58 bits per heavy atom. The smallest absolute Gasteiger partial charge is 0.269 e. The molecule has 5 rings (SSSR count). The fraction of sp³-hybridized carbons (Fsp3) is 0.179. The first-order chi connectivity index (χ1) is 18.4. The molecular weight excluding hydrogens is 502 g/mol. The van der Waals surface area contributed by atoms with Gasteiger partial charge in [-0.25, -0.2) is 0 Å². The van der Waals surface area contributed by atoms with Crippen LogP contribution >= 0.6 is 12.2 Å². The Balaban J connectivity index is 1.40. The number of benzene rings is 2. The summed E-state index contributed by atoms with van der Waals surface area (Å²) in [5.41, 5.74) is 3.29. The molecule has 1 fully saturated rings. The maximum atomic E-state index is 12.8. The number of nitro benzene ring substituents is 1. The van der Waals surface area contributed by atoms with Crippen molar-refractivity contribution in [2.75, 3.05) is 11.9 Å². The summed E-state index contributed by atoms with van der Waals surface area (Å²) >= 11 is 5.69. The highest BCUT2D eigenvalue weighted by atomic mass is 32.1. The molecule has 0 aliphatic carbocycles. The molecule has 0 unspecified atom stereocenters. The van der Waals surface area contributed by atoms with Gasteiger partial charge < -0.3 is 20.0 Å². The number of rotatable bonds is 8. The second-order valence-corrected chi connectivity index (χ2v) is 9.33. The largest absolute Gasteiger partial charge is 0.459 e. The number of anilines is 1. The normalized spacial score (nSPS) is 16.8. The fourth-order valence-corrected chi connectivity index (χ4v) is 4.85. The molecule has 9 nitrogen and oxygen atoms in total. The number of para-hydroxylation sites is 1. The number of non-ortho nitro benzene ring substituents is 1. The van der Waals surface area contributed by atoms with Gasteiger partial charge in [0, 0.05) is 42.5 Å². The maximum Gasteiger partial charge on any atom is 0.269 e. The minimum Gasteiger partial charge on any atom is -0.459 e. The van der Waals surface area contributed by atoms with Gasteiger partial charge in [-0.2, -0.15) is 0 Å². The lowest BCUT2D eigenvalue weighted by molar-refractivity contribution is -0.384. The third-order valence-corrected chi connectivity index (χ3v) is 6.83. The number of carbonyl (C=O) groups excluding carboxylic acids is 1. The van der Waals surface area contributed by atoms with Gasteiger partial charge in [-0.05, 0) is 67.2 Å². The van der Waals surface area contributed by atoms with Crippen LogP contribution in [0.3, 0.4) is 0 Å². The number of hydrogen-bond donors (Lipinski definition) is 2. The predicted octanol–water partition coefficient (Wildman–Crippen LogP) is 5.56. The average molecular weight is 528 g/mol. The first-order valence-corrected chi connectivity index (χ1v) is 12.5. The molecule has 0 radical (unpaired) electrons. The predicted molar refractivity (Wildman–Crippen MR) is 147 cm³/mol. The summed E-state index contributed by atoms with van der Waals surface area (Å²) in [5, 5.41) is 17.8. The third kappa shape index (κ3) is 5.25. The van der Waals surface area contributed by atoms with Crippen molar-refractivity contribution >= 4 is 34.6 Å². The SMILES string of the molecule is Cc1ccccc1NC(=O)CCN1C(=S)N[C@H](c2ccccn2)[C@@H]1c1ccc(-c2ccc([N+](=O)[O-])cc2)o1. The summed E-state index contributed by atoms with van der Waals surface area (Å²) in [6.07, 6.45) is 1.94. The van der Waals surface area contributed by atoms with E-state index in [4.69, 9.17) is 16.6 Å². The number of furan rings is 1. The van der Waals surface area contributed by atoms with Gasteiger partial charge in [-0.3, -0.25) is 19.9 Å². The molecule has 1 amide bonds. The van der Waals surface area contributed by atoms with E-state index in [1.165, 1.54) is 12.1 Å². The van der Waals surface area contributed by atoms with E-state index in [0.717, 1.165) is 16.9 Å². The molecule has 1 saturated heterocycles. The molecule has 10 heteroatoms. The highest BCUT2D eigenvalue weighted by Gasteiger charge is 2.41. The highest BCUT2D eigenvalue weighted by molar-refractivity contribution is 7.80. The topological polar surface area (TPSA) is 114 Å². The van der Waals surface area contributed by atoms with Gasteiger partial charge in [0.25, 0.3) is 5.69 Å². The molecule has 0 saturated carbocycles. The lowest BCUT2D eigenvalue weighted by Gasteiger charge is -2.26. The maximum absolute atomic E-state index is 12.8. The summed E-state index contributed by atoms with van der Waals surface area (Å²) in [5.74, 6) is 1.10. The Bertz CT molecular complexity index is 1470. The average Bonchev–Trinajstić information content (AvgIpc) is 3.54. The second-order valence-electron chi connectivity index (χ2n) is 8.94. The summed E-state index contributed by atoms with van der Waals surface area (Å²) in [4.78, 5) is 29.9. The van der Waals surface area contributed by atoms with Crippen LogP contribution < -0.4 is 10.6 Å². The van der Waals surface area contributed by atoms with Crippen LogP contribution in [-0.2, 0) is 4.79 Å². The zero-order valence-electron chi connectivity index (χ0n) is 20.5. The minimum atomic E-state index is -0.437. The van der Waals surface area contributed by atoms with Crippen molar-refractivity contribution in [1.82, 2.24) is 15.2 Å². The molecule has 3 heterocycles. The van der Waals surface area contributed by atoms with Crippen LogP contribution in [0.4, 0.5) is 11.4 Å². The minimum absolute atomic E-state index is 0.0104. The molecule has 2 aromatic carbocycles. The summed E-state index contributed by atoms with van der Waals surface area (Å²) in [7, 11) is 0. The second kappa shape index (κ2) is 10.8. The van der Waals surface area contributed by atoms with Crippen LogP contribution in [0.5, 0.6) is 0 Å². The summed E-state index contributed by atoms with van der Waals surface area (Å²) in [6, 6.07) is 22.6. The number of hydrogen-bond acceptors (Lipinski definition) is 6. The number of pyridine rings is 1. The van der Waals surface area contributed by atoms with Gasteiger partial charge in [0.15, 0.2) is 5.11 Å². The Kier molecular flexibility index (Phi) is 7.14. The highest BCUT2D eigenvalue weighted by Crippen LogP contribution is 2.40. The number of aromatic nitrogens is 1. The number of nitrogens with one attached hydrogen (secondary N) is 2. The van der Waals surface area contributed by atoms with Crippen LogP contribution in [0.2, 0.25) is 0 Å². The van der Waals surface area contributed by atoms with Gasteiger partial charge in [0.05, 0.1) is 16.7 Å². The molecule has 1 aliphatic heterocycles. The standard InChI is InChI=1S/C28H25N5O4S/c1-18-6-2-3-7-21(18)30-25(34)15-17-32-27(26(31-28(32)38)22-8-4-5-16-29-22)24-14-13-23(37-24)19-9-11-20(12-10-19)33(35)36/h2-14,16,26-27H,15,17H2,1H3,(H,30,34)(H,31,38)/t26-,27+/m1/s1. The lowest BCUT2D eigenvalue weighted by atomic mass is 10.0. The van der Waals surface area contributed by atoms with Crippen LogP contribution in [-0.4, -0.2) is 32.4 Å². The van der Waals surface area contributed by atoms with Crippen molar-refractivity contribution in [2.45, 2.75) is 25.4 Å².